The molecule has 1 amide bonds. The van der Waals surface area contributed by atoms with E-state index in [1.807, 2.05) is 0 Å². The number of ether oxygens (including phenoxy) is 1. The van der Waals surface area contributed by atoms with Gasteiger partial charge in [-0.15, -0.1) is 0 Å². The molecule has 1 heterocycles. The topological polar surface area (TPSA) is 159 Å². The van der Waals surface area contributed by atoms with E-state index in [2.05, 4.69) is 5.32 Å². The Morgan fingerprint density at radius 1 is 1.25 bits per heavy atom. The van der Waals surface area contributed by atoms with Crippen LogP contribution in [-0.4, -0.2) is 52.3 Å². The fourth-order valence-electron chi connectivity index (χ4n) is 2.61. The van der Waals surface area contributed by atoms with Gasteiger partial charge in [0.2, 0.25) is 0 Å². The summed E-state index contributed by atoms with van der Waals surface area (Å²) in [5.74, 6) is -1.16. The Labute approximate surface area is 160 Å². The molecule has 3 N–H and O–H groups in total. The van der Waals surface area contributed by atoms with Gasteiger partial charge in [0.05, 0.1) is 4.92 Å². The zero-order valence-corrected chi connectivity index (χ0v) is 16.0. The molecule has 0 unspecified atom stereocenters. The third kappa shape index (κ3) is 4.39. The SMILES string of the molecule is O=C(CN1CC(=O)Oc2cc([N+](=O)[O-])ccc21)Nc1ccc([As](=O)(O)O)cc1. The van der Waals surface area contributed by atoms with Crippen molar-refractivity contribution < 1.29 is 31.2 Å². The van der Waals surface area contributed by atoms with E-state index in [0.29, 0.717) is 11.4 Å². The van der Waals surface area contributed by atoms with Crippen molar-refractivity contribution in [2.75, 3.05) is 23.3 Å². The number of fused-ring (bicyclic) bond motifs is 1. The summed E-state index contributed by atoms with van der Waals surface area (Å²) < 4.78 is 34.4. The summed E-state index contributed by atoms with van der Waals surface area (Å²) in [6, 6.07) is 8.91. The first-order valence-corrected chi connectivity index (χ1v) is 11.2. The van der Waals surface area contributed by atoms with Gasteiger partial charge in [-0.2, -0.15) is 0 Å². The molecule has 0 aromatic heterocycles. The molecule has 2 aromatic rings. The number of nitrogens with zero attached hydrogens (tertiary/aromatic N) is 2. The summed E-state index contributed by atoms with van der Waals surface area (Å²) in [6.45, 7) is -0.443. The molecule has 3 rings (SSSR count). The van der Waals surface area contributed by atoms with Crippen molar-refractivity contribution >= 4 is 47.5 Å². The van der Waals surface area contributed by atoms with Crippen molar-refractivity contribution in [2.45, 2.75) is 0 Å². The second-order valence-corrected chi connectivity index (χ2v) is 9.24. The number of non-ortho nitro benzene ring substituents is 1. The Balaban J connectivity index is 1.73. The van der Waals surface area contributed by atoms with E-state index in [9.17, 15) is 23.4 Å². The fraction of sp³-hybridized carbons (Fsp3) is 0.125. The Kier molecular flexibility index (Phi) is 5.23. The number of hydrogen-bond acceptors (Lipinski definition) is 7. The standard InChI is InChI=1S/C16H14AsN3O8/c21-15(18-11-3-1-10(2-4-11)17(23,24)25)8-19-9-16(22)28-14-7-12(20(26)27)5-6-13(14)19/h1-7H,8-9H2,(H,18,21)(H2,23,24,25). The van der Waals surface area contributed by atoms with Crippen LogP contribution < -0.4 is 19.3 Å². The maximum absolute atomic E-state index is 12.3. The van der Waals surface area contributed by atoms with E-state index < -0.39 is 31.0 Å². The van der Waals surface area contributed by atoms with Gasteiger partial charge in [-0.3, -0.25) is 10.1 Å². The van der Waals surface area contributed by atoms with E-state index in [1.54, 1.807) is 0 Å². The molecule has 11 nitrogen and oxygen atoms in total. The van der Waals surface area contributed by atoms with Crippen molar-refractivity contribution in [3.05, 3.63) is 52.6 Å². The molecule has 2 aromatic carbocycles. The molecule has 0 spiro atoms. The molecule has 146 valence electrons. The van der Waals surface area contributed by atoms with Gasteiger partial charge in [0.15, 0.2) is 0 Å². The van der Waals surface area contributed by atoms with Gasteiger partial charge in [-0.25, -0.2) is 0 Å². The quantitative estimate of drug-likeness (QED) is 0.179. The maximum atomic E-state index is 12.3. The van der Waals surface area contributed by atoms with Crippen molar-refractivity contribution in [3.8, 4) is 5.75 Å². The van der Waals surface area contributed by atoms with E-state index in [1.165, 1.54) is 41.3 Å². The molecule has 0 saturated heterocycles. The van der Waals surface area contributed by atoms with Gasteiger partial charge < -0.3 is 0 Å². The third-order valence-corrected chi connectivity index (χ3v) is 5.90. The van der Waals surface area contributed by atoms with Crippen LogP contribution in [0.3, 0.4) is 0 Å². The number of carbonyl (C=O) groups excluding carboxylic acids is 2. The number of nitro groups is 1. The molecule has 0 radical (unpaired) electrons. The zero-order valence-electron chi connectivity index (χ0n) is 14.1. The number of hydrogen-bond donors (Lipinski definition) is 3. The second kappa shape index (κ2) is 7.47. The Bertz CT molecular complexity index is 1000. The summed E-state index contributed by atoms with van der Waals surface area (Å²) in [5.41, 5.74) is 0.436. The molecule has 0 aliphatic carbocycles. The predicted molar refractivity (Wildman–Crippen MR) is 96.5 cm³/mol. The van der Waals surface area contributed by atoms with Gasteiger partial charge in [-0.1, -0.05) is 0 Å². The molecule has 0 atom stereocenters. The predicted octanol–water partition coefficient (Wildman–Crippen LogP) is -0.480. The minimum absolute atomic E-state index is 0.00795. The van der Waals surface area contributed by atoms with Crippen LogP contribution in [0.5, 0.6) is 5.75 Å². The Morgan fingerprint density at radius 2 is 1.93 bits per heavy atom. The minimum atomic E-state index is -5.00. The van der Waals surface area contributed by atoms with E-state index in [0.717, 1.165) is 6.07 Å². The molecular formula is C16H14AsN3O8. The van der Waals surface area contributed by atoms with E-state index >= 15 is 0 Å². The first-order valence-electron chi connectivity index (χ1n) is 7.83. The van der Waals surface area contributed by atoms with Crippen molar-refractivity contribution in [1.82, 2.24) is 0 Å². The number of nitrogens with one attached hydrogen (secondary N) is 1. The average Bonchev–Trinajstić information content (AvgIpc) is 2.60. The first-order chi connectivity index (χ1) is 13.1. The van der Waals surface area contributed by atoms with Gasteiger partial charge in [-0.05, 0) is 0 Å². The third-order valence-electron chi connectivity index (χ3n) is 3.86. The molecule has 12 heteroatoms. The van der Waals surface area contributed by atoms with Crippen molar-refractivity contribution in [2.24, 2.45) is 0 Å². The molecule has 0 bridgehead atoms. The van der Waals surface area contributed by atoms with E-state index in [-0.39, 0.29) is 28.9 Å². The fourth-order valence-corrected chi connectivity index (χ4v) is 3.74. The van der Waals surface area contributed by atoms with Crippen LogP contribution in [0.2, 0.25) is 0 Å². The van der Waals surface area contributed by atoms with E-state index in [4.69, 9.17) is 12.9 Å². The van der Waals surface area contributed by atoms with Gasteiger partial charge in [0, 0.05) is 0 Å². The van der Waals surface area contributed by atoms with Crippen LogP contribution in [0.4, 0.5) is 17.1 Å². The van der Waals surface area contributed by atoms with Crippen LogP contribution in [0, 0.1) is 10.1 Å². The van der Waals surface area contributed by atoms with Crippen molar-refractivity contribution in [3.63, 3.8) is 0 Å². The molecule has 28 heavy (non-hydrogen) atoms. The van der Waals surface area contributed by atoms with Gasteiger partial charge in [0.25, 0.3) is 0 Å². The van der Waals surface area contributed by atoms with Gasteiger partial charge in [0.1, 0.15) is 0 Å². The number of amides is 1. The zero-order chi connectivity index (χ0) is 20.5. The molecular weight excluding hydrogens is 437 g/mol. The Morgan fingerprint density at radius 3 is 2.54 bits per heavy atom. The summed E-state index contributed by atoms with van der Waals surface area (Å²) in [5, 5.41) is 13.4. The van der Waals surface area contributed by atoms with Crippen LogP contribution in [0.15, 0.2) is 42.5 Å². The summed E-state index contributed by atoms with van der Waals surface area (Å²) >= 11 is -5.00. The number of anilines is 2. The molecule has 0 saturated carbocycles. The van der Waals surface area contributed by atoms with Crippen LogP contribution in [-0.2, 0) is 13.3 Å². The molecule has 0 fully saturated rings. The number of carbonyl (C=O) groups is 2. The molecule has 1 aliphatic rings. The van der Waals surface area contributed by atoms with Crippen molar-refractivity contribution in [1.29, 1.82) is 0 Å². The van der Waals surface area contributed by atoms with Crippen LogP contribution in [0.25, 0.3) is 0 Å². The number of esters is 1. The number of benzene rings is 2. The first kappa shape index (κ1) is 19.6. The van der Waals surface area contributed by atoms with Gasteiger partial charge >= 0.3 is 145 Å². The normalized spacial score (nSPS) is 13.5. The number of nitro benzene ring substituents is 1. The van der Waals surface area contributed by atoms with Crippen LogP contribution in [0.1, 0.15) is 0 Å². The summed E-state index contributed by atoms with van der Waals surface area (Å²) in [4.78, 5) is 35.7. The Hall–Kier alpha value is -3.14. The summed E-state index contributed by atoms with van der Waals surface area (Å²) in [7, 11) is 0. The van der Waals surface area contributed by atoms with Crippen LogP contribution >= 0.6 is 0 Å². The monoisotopic (exact) mass is 451 g/mol. The summed E-state index contributed by atoms with van der Waals surface area (Å²) in [6.07, 6.45) is 0. The second-order valence-electron chi connectivity index (χ2n) is 5.88. The molecule has 1 aliphatic heterocycles. The average molecular weight is 451 g/mol. The number of rotatable bonds is 5.